The fourth-order valence-electron chi connectivity index (χ4n) is 3.90. The van der Waals surface area contributed by atoms with Crippen LogP contribution < -0.4 is 10.6 Å². The first-order valence-corrected chi connectivity index (χ1v) is 9.96. The lowest BCUT2D eigenvalue weighted by Gasteiger charge is -2.27. The number of aliphatic imine (C=N–C) groups is 1. The average molecular weight is 475 g/mol. The third-order valence-electron chi connectivity index (χ3n) is 5.67. The molecule has 0 amide bonds. The van der Waals surface area contributed by atoms with Crippen molar-refractivity contribution in [2.45, 2.75) is 72.8 Å². The Morgan fingerprint density at radius 3 is 2.58 bits per heavy atom. The Hall–Kier alpha value is -0.790. The first kappa shape index (κ1) is 23.2. The Bertz CT molecular complexity index is 581. The third kappa shape index (κ3) is 6.43. The second-order valence-electron chi connectivity index (χ2n) is 7.76. The van der Waals surface area contributed by atoms with Gasteiger partial charge in [0.1, 0.15) is 0 Å². The Morgan fingerprint density at radius 1 is 1.31 bits per heavy atom. The summed E-state index contributed by atoms with van der Waals surface area (Å²) < 4.78 is 1.97. The molecule has 1 aromatic heterocycles. The Morgan fingerprint density at radius 2 is 2.00 bits per heavy atom. The zero-order valence-electron chi connectivity index (χ0n) is 17.4. The van der Waals surface area contributed by atoms with E-state index in [-0.39, 0.29) is 24.0 Å². The molecule has 0 aliphatic heterocycles. The lowest BCUT2D eigenvalue weighted by molar-refractivity contribution is 0.263. The van der Waals surface area contributed by atoms with Crippen LogP contribution in [0.1, 0.15) is 63.4 Å². The van der Waals surface area contributed by atoms with Gasteiger partial charge in [0.05, 0.1) is 5.69 Å². The van der Waals surface area contributed by atoms with Gasteiger partial charge in [-0.15, -0.1) is 24.0 Å². The van der Waals surface area contributed by atoms with E-state index in [0.29, 0.717) is 6.04 Å². The van der Waals surface area contributed by atoms with Crippen LogP contribution in [-0.4, -0.2) is 34.9 Å². The van der Waals surface area contributed by atoms with Gasteiger partial charge in [-0.2, -0.15) is 5.10 Å². The second kappa shape index (κ2) is 11.1. The molecule has 2 N–H and O–H groups in total. The van der Waals surface area contributed by atoms with Gasteiger partial charge < -0.3 is 10.6 Å². The lowest BCUT2D eigenvalue weighted by atomic mass is 9.80. The van der Waals surface area contributed by atoms with Crippen molar-refractivity contribution in [2.75, 3.05) is 13.1 Å². The van der Waals surface area contributed by atoms with Crippen molar-refractivity contribution < 1.29 is 0 Å². The summed E-state index contributed by atoms with van der Waals surface area (Å²) in [6.45, 7) is 12.8. The Balaban J connectivity index is 0.00000338. The molecule has 5 nitrogen and oxygen atoms in total. The molecule has 0 spiro atoms. The summed E-state index contributed by atoms with van der Waals surface area (Å²) in [5, 5.41) is 11.5. The molecule has 1 aliphatic rings. The van der Waals surface area contributed by atoms with Gasteiger partial charge in [0.2, 0.25) is 0 Å². The minimum atomic E-state index is 0. The molecule has 2 rings (SSSR count). The number of rotatable bonds is 6. The third-order valence-corrected chi connectivity index (χ3v) is 5.67. The van der Waals surface area contributed by atoms with Gasteiger partial charge in [0, 0.05) is 31.9 Å². The van der Waals surface area contributed by atoms with Crippen LogP contribution in [0, 0.1) is 25.7 Å². The predicted octanol–water partition coefficient (Wildman–Crippen LogP) is 3.97. The number of hydrogen-bond acceptors (Lipinski definition) is 2. The largest absolute Gasteiger partial charge is 0.357 e. The van der Waals surface area contributed by atoms with Crippen LogP contribution in [0.4, 0.5) is 0 Å². The van der Waals surface area contributed by atoms with Gasteiger partial charge in [-0.3, -0.25) is 9.67 Å². The van der Waals surface area contributed by atoms with E-state index < -0.39 is 0 Å². The van der Waals surface area contributed by atoms with Crippen LogP contribution in [0.2, 0.25) is 0 Å². The molecule has 1 aliphatic carbocycles. The summed E-state index contributed by atoms with van der Waals surface area (Å²) >= 11 is 0. The fourth-order valence-corrected chi connectivity index (χ4v) is 3.90. The first-order valence-electron chi connectivity index (χ1n) is 9.96. The van der Waals surface area contributed by atoms with Crippen LogP contribution in [0.5, 0.6) is 0 Å². The van der Waals surface area contributed by atoms with E-state index in [2.05, 4.69) is 50.4 Å². The minimum Gasteiger partial charge on any atom is -0.357 e. The number of halogens is 1. The summed E-state index contributed by atoms with van der Waals surface area (Å²) in [6, 6.07) is 0.322. The van der Waals surface area contributed by atoms with Crippen LogP contribution in [-0.2, 0) is 13.5 Å². The molecule has 0 saturated heterocycles. The van der Waals surface area contributed by atoms with Crippen LogP contribution in [0.3, 0.4) is 0 Å². The summed E-state index contributed by atoms with van der Waals surface area (Å²) in [7, 11) is 2.01. The Kier molecular flexibility index (Phi) is 9.97. The minimum absolute atomic E-state index is 0. The van der Waals surface area contributed by atoms with Gasteiger partial charge in [0.15, 0.2) is 5.96 Å². The quantitative estimate of drug-likeness (QED) is 0.372. The van der Waals surface area contributed by atoms with E-state index in [1.54, 1.807) is 0 Å². The molecule has 150 valence electrons. The zero-order chi connectivity index (χ0) is 18.4. The van der Waals surface area contributed by atoms with Crippen LogP contribution in [0.25, 0.3) is 0 Å². The molecule has 1 fully saturated rings. The topological polar surface area (TPSA) is 54.2 Å². The van der Waals surface area contributed by atoms with E-state index in [9.17, 15) is 0 Å². The van der Waals surface area contributed by atoms with Gasteiger partial charge in [-0.25, -0.2) is 0 Å². The number of nitrogens with one attached hydrogen (secondary N) is 2. The van der Waals surface area contributed by atoms with E-state index >= 15 is 0 Å². The van der Waals surface area contributed by atoms with E-state index in [1.165, 1.54) is 36.9 Å². The van der Waals surface area contributed by atoms with Crippen molar-refractivity contribution in [2.24, 2.45) is 23.9 Å². The molecular weight excluding hydrogens is 437 g/mol. The number of guanidine groups is 1. The smallest absolute Gasteiger partial charge is 0.191 e. The molecule has 1 saturated carbocycles. The van der Waals surface area contributed by atoms with E-state index in [4.69, 9.17) is 4.99 Å². The molecule has 0 aromatic carbocycles. The maximum Gasteiger partial charge on any atom is 0.191 e. The zero-order valence-corrected chi connectivity index (χ0v) is 19.8. The molecule has 6 heteroatoms. The highest BCUT2D eigenvalue weighted by Gasteiger charge is 2.21. The van der Waals surface area contributed by atoms with Crippen molar-refractivity contribution in [3.05, 3.63) is 17.0 Å². The molecule has 26 heavy (non-hydrogen) atoms. The highest BCUT2D eigenvalue weighted by molar-refractivity contribution is 14.0. The highest BCUT2D eigenvalue weighted by Crippen LogP contribution is 2.29. The number of nitrogens with zero attached hydrogens (tertiary/aromatic N) is 3. The average Bonchev–Trinajstić information content (AvgIpc) is 2.80. The van der Waals surface area contributed by atoms with E-state index in [1.807, 2.05) is 11.7 Å². The molecule has 1 aromatic rings. The van der Waals surface area contributed by atoms with Gasteiger partial charge in [-0.1, -0.05) is 26.2 Å². The first-order chi connectivity index (χ1) is 11.9. The predicted molar refractivity (Wildman–Crippen MR) is 121 cm³/mol. The number of aryl methyl sites for hydroxylation is 2. The Labute approximate surface area is 176 Å². The van der Waals surface area contributed by atoms with Crippen LogP contribution in [0.15, 0.2) is 4.99 Å². The molecule has 0 radical (unpaired) electrons. The van der Waals surface area contributed by atoms with Crippen molar-refractivity contribution in [1.82, 2.24) is 20.4 Å². The molecule has 1 heterocycles. The molecule has 3 atom stereocenters. The molecule has 3 unspecified atom stereocenters. The molecule has 0 bridgehead atoms. The van der Waals surface area contributed by atoms with Crippen molar-refractivity contribution in [3.63, 3.8) is 0 Å². The normalized spacial score (nSPS) is 21.8. The summed E-state index contributed by atoms with van der Waals surface area (Å²) in [5.41, 5.74) is 3.73. The lowest BCUT2D eigenvalue weighted by Crippen LogP contribution is -2.43. The summed E-state index contributed by atoms with van der Waals surface area (Å²) in [4.78, 5) is 4.89. The monoisotopic (exact) mass is 475 g/mol. The van der Waals surface area contributed by atoms with Gasteiger partial charge in [-0.05, 0) is 57.9 Å². The number of hydrogen-bond donors (Lipinski definition) is 2. The van der Waals surface area contributed by atoms with Gasteiger partial charge in [0.25, 0.3) is 0 Å². The second-order valence-corrected chi connectivity index (χ2v) is 7.76. The summed E-state index contributed by atoms with van der Waals surface area (Å²) in [6.07, 6.45) is 6.41. The number of aromatic nitrogens is 2. The maximum absolute atomic E-state index is 4.89. The van der Waals surface area contributed by atoms with Crippen molar-refractivity contribution >= 4 is 29.9 Å². The maximum atomic E-state index is 4.89. The summed E-state index contributed by atoms with van der Waals surface area (Å²) in [5.74, 6) is 2.49. The van der Waals surface area contributed by atoms with Crippen molar-refractivity contribution in [3.8, 4) is 0 Å². The SMILES string of the molecule is CCNC(=NCC1CCCCC1C)NC(C)Cc1c(C)nn(C)c1C.I. The van der Waals surface area contributed by atoms with Crippen molar-refractivity contribution in [1.29, 1.82) is 0 Å². The van der Waals surface area contributed by atoms with Crippen LogP contribution >= 0.6 is 24.0 Å². The standard InChI is InChI=1S/C20H37N5.HI/c1-7-21-20(22-13-18-11-9-8-10-14(18)2)23-15(3)12-19-16(4)24-25(6)17(19)5;/h14-15,18H,7-13H2,1-6H3,(H2,21,22,23);1H. The molecular formula is C20H38IN5. The van der Waals surface area contributed by atoms with E-state index in [0.717, 1.165) is 43.0 Å². The van der Waals surface area contributed by atoms with Gasteiger partial charge >= 0.3 is 0 Å². The highest BCUT2D eigenvalue weighted by atomic mass is 127. The fraction of sp³-hybridized carbons (Fsp3) is 0.800.